The lowest BCUT2D eigenvalue weighted by Crippen LogP contribution is -2.39. The summed E-state index contributed by atoms with van der Waals surface area (Å²) in [5.74, 6) is 0.0885. The Bertz CT molecular complexity index is 1570. The van der Waals surface area contributed by atoms with Gasteiger partial charge in [-0.1, -0.05) is 55.2 Å². The van der Waals surface area contributed by atoms with Gasteiger partial charge in [-0.3, -0.25) is 19.5 Å². The average Bonchev–Trinajstić information content (AvgIpc) is 3.19. The minimum absolute atomic E-state index is 0.0172. The molecule has 1 atom stereocenters. The number of nitro benzene ring substituents is 1. The minimum atomic E-state index is -0.777. The molecule has 3 aromatic rings. The Morgan fingerprint density at radius 3 is 2.70 bits per heavy atom. The molecular formula is C27H25N3O6S. The first-order valence-electron chi connectivity index (χ1n) is 11.6. The number of esters is 1. The molecular weight excluding hydrogens is 494 g/mol. The zero-order chi connectivity index (χ0) is 26.5. The highest BCUT2D eigenvalue weighted by Crippen LogP contribution is 2.31. The van der Waals surface area contributed by atoms with Gasteiger partial charge in [-0.05, 0) is 42.7 Å². The summed E-state index contributed by atoms with van der Waals surface area (Å²) < 4.78 is 12.8. The van der Waals surface area contributed by atoms with Crippen LogP contribution < -0.4 is 19.6 Å². The van der Waals surface area contributed by atoms with E-state index in [0.29, 0.717) is 38.5 Å². The van der Waals surface area contributed by atoms with Crippen molar-refractivity contribution in [3.63, 3.8) is 0 Å². The van der Waals surface area contributed by atoms with Crippen LogP contribution in [0.1, 0.15) is 37.4 Å². The number of nitrogens with zero attached hydrogens (tertiary/aromatic N) is 3. The first kappa shape index (κ1) is 25.8. The third kappa shape index (κ3) is 5.44. The maximum absolute atomic E-state index is 13.7. The third-order valence-electron chi connectivity index (χ3n) is 5.62. The SMILES string of the molecule is C=CCOC(=O)C1=C(C)N=c2sc(=Cc3cccc([N+](=O)[O-])c3)c(=O)n2C1c1ccc(OCCC)cc1. The Hall–Kier alpha value is -4.31. The van der Waals surface area contributed by atoms with Crippen molar-refractivity contribution in [1.29, 1.82) is 0 Å². The summed E-state index contributed by atoms with van der Waals surface area (Å²) >= 11 is 1.15. The molecule has 37 heavy (non-hydrogen) atoms. The molecule has 2 heterocycles. The highest BCUT2D eigenvalue weighted by atomic mass is 32.1. The van der Waals surface area contributed by atoms with E-state index in [1.807, 2.05) is 19.1 Å². The van der Waals surface area contributed by atoms with Crippen molar-refractivity contribution in [2.45, 2.75) is 26.3 Å². The number of carbonyl (C=O) groups excluding carboxylic acids is 1. The molecule has 1 aliphatic rings. The lowest BCUT2D eigenvalue weighted by Gasteiger charge is -2.24. The molecule has 4 rings (SSSR count). The van der Waals surface area contributed by atoms with Gasteiger partial charge in [0.2, 0.25) is 0 Å². The summed E-state index contributed by atoms with van der Waals surface area (Å²) in [5, 5.41) is 11.2. The van der Waals surface area contributed by atoms with Gasteiger partial charge >= 0.3 is 5.97 Å². The quantitative estimate of drug-likeness (QED) is 0.185. The van der Waals surface area contributed by atoms with E-state index in [0.717, 1.165) is 17.8 Å². The molecule has 0 spiro atoms. The number of non-ortho nitro benzene ring substituents is 1. The van der Waals surface area contributed by atoms with Crippen molar-refractivity contribution in [3.8, 4) is 5.75 Å². The molecule has 0 amide bonds. The van der Waals surface area contributed by atoms with Gasteiger partial charge in [-0.25, -0.2) is 9.79 Å². The van der Waals surface area contributed by atoms with Crippen LogP contribution in [0.5, 0.6) is 5.75 Å². The summed E-state index contributed by atoms with van der Waals surface area (Å²) in [6.45, 7) is 7.90. The molecule has 190 valence electrons. The van der Waals surface area contributed by atoms with E-state index >= 15 is 0 Å². The van der Waals surface area contributed by atoms with Crippen LogP contribution in [0.2, 0.25) is 0 Å². The van der Waals surface area contributed by atoms with Gasteiger partial charge in [0.25, 0.3) is 11.2 Å². The summed E-state index contributed by atoms with van der Waals surface area (Å²) in [6, 6.07) is 12.5. The van der Waals surface area contributed by atoms with Gasteiger partial charge in [0.05, 0.1) is 33.4 Å². The molecule has 1 aromatic heterocycles. The number of allylic oxidation sites excluding steroid dienone is 1. The lowest BCUT2D eigenvalue weighted by atomic mass is 9.96. The maximum atomic E-state index is 13.7. The summed E-state index contributed by atoms with van der Waals surface area (Å²) in [4.78, 5) is 42.4. The lowest BCUT2D eigenvalue weighted by molar-refractivity contribution is -0.384. The molecule has 0 radical (unpaired) electrons. The van der Waals surface area contributed by atoms with Gasteiger partial charge < -0.3 is 9.47 Å². The van der Waals surface area contributed by atoms with Crippen LogP contribution in [0.4, 0.5) is 5.69 Å². The standard InChI is InChI=1S/C27H25N3O6S/c1-4-13-35-21-11-9-19(10-12-21)24-23(26(32)36-14-5-2)17(3)28-27-29(24)25(31)22(37-27)16-18-7-6-8-20(15-18)30(33)34/h5-12,15-16,24H,2,4,13-14H2,1,3H3. The monoisotopic (exact) mass is 519 g/mol. The van der Waals surface area contributed by atoms with Crippen LogP contribution in [0.15, 0.2) is 82.2 Å². The molecule has 0 N–H and O–H groups in total. The van der Waals surface area contributed by atoms with E-state index in [1.54, 1.807) is 37.3 Å². The number of thiazole rings is 1. The van der Waals surface area contributed by atoms with E-state index in [9.17, 15) is 19.7 Å². The zero-order valence-electron chi connectivity index (χ0n) is 20.4. The molecule has 0 fully saturated rings. The van der Waals surface area contributed by atoms with E-state index in [1.165, 1.54) is 22.8 Å². The topological polar surface area (TPSA) is 113 Å². The van der Waals surface area contributed by atoms with Gasteiger partial charge in [-0.15, -0.1) is 0 Å². The second-order valence-electron chi connectivity index (χ2n) is 8.24. The number of carbonyl (C=O) groups is 1. The number of fused-ring (bicyclic) bond motifs is 1. The highest BCUT2D eigenvalue weighted by molar-refractivity contribution is 7.07. The number of nitro groups is 1. The zero-order valence-corrected chi connectivity index (χ0v) is 21.2. The van der Waals surface area contributed by atoms with E-state index in [4.69, 9.17) is 9.47 Å². The Morgan fingerprint density at radius 1 is 1.27 bits per heavy atom. The number of aromatic nitrogens is 1. The second-order valence-corrected chi connectivity index (χ2v) is 9.25. The summed E-state index contributed by atoms with van der Waals surface area (Å²) in [7, 11) is 0. The predicted molar refractivity (Wildman–Crippen MR) is 140 cm³/mol. The smallest absolute Gasteiger partial charge is 0.338 e. The van der Waals surface area contributed by atoms with E-state index in [-0.39, 0.29) is 23.4 Å². The average molecular weight is 520 g/mol. The molecule has 9 nitrogen and oxygen atoms in total. The van der Waals surface area contributed by atoms with Crippen LogP contribution in [0.25, 0.3) is 6.08 Å². The number of hydrogen-bond donors (Lipinski definition) is 0. The first-order valence-corrected chi connectivity index (χ1v) is 12.4. The van der Waals surface area contributed by atoms with Crippen LogP contribution in [0, 0.1) is 10.1 Å². The Balaban J connectivity index is 1.87. The van der Waals surface area contributed by atoms with Crippen molar-refractivity contribution in [1.82, 2.24) is 4.57 Å². The molecule has 0 saturated carbocycles. The Kier molecular flexibility index (Phi) is 7.78. The molecule has 0 bridgehead atoms. The fourth-order valence-corrected chi connectivity index (χ4v) is 5.00. The van der Waals surface area contributed by atoms with Gasteiger partial charge in [0.15, 0.2) is 4.80 Å². The highest BCUT2D eigenvalue weighted by Gasteiger charge is 2.33. The van der Waals surface area contributed by atoms with Gasteiger partial charge in [0, 0.05) is 12.1 Å². The number of benzene rings is 2. The van der Waals surface area contributed by atoms with Crippen LogP contribution in [-0.2, 0) is 9.53 Å². The predicted octanol–water partition coefficient (Wildman–Crippen LogP) is 3.66. The minimum Gasteiger partial charge on any atom is -0.494 e. The molecule has 10 heteroatoms. The van der Waals surface area contributed by atoms with E-state index < -0.39 is 16.9 Å². The molecule has 1 aliphatic heterocycles. The first-order chi connectivity index (χ1) is 17.8. The number of hydrogen-bond acceptors (Lipinski definition) is 8. The Labute approximate surface area is 216 Å². The molecule has 0 saturated heterocycles. The molecule has 2 aromatic carbocycles. The van der Waals surface area contributed by atoms with Crippen LogP contribution in [-0.4, -0.2) is 28.7 Å². The summed E-state index contributed by atoms with van der Waals surface area (Å²) in [5.41, 5.74) is 1.44. The van der Waals surface area contributed by atoms with Crippen molar-refractivity contribution in [3.05, 3.63) is 113 Å². The fourth-order valence-electron chi connectivity index (χ4n) is 3.96. The van der Waals surface area contributed by atoms with Gasteiger partial charge in [-0.2, -0.15) is 0 Å². The second kappa shape index (κ2) is 11.2. The summed E-state index contributed by atoms with van der Waals surface area (Å²) in [6.07, 6.45) is 3.92. The Morgan fingerprint density at radius 2 is 2.03 bits per heavy atom. The van der Waals surface area contributed by atoms with Crippen molar-refractivity contribution in [2.75, 3.05) is 13.2 Å². The third-order valence-corrected chi connectivity index (χ3v) is 6.60. The van der Waals surface area contributed by atoms with Crippen molar-refractivity contribution in [2.24, 2.45) is 4.99 Å². The maximum Gasteiger partial charge on any atom is 0.338 e. The van der Waals surface area contributed by atoms with E-state index in [2.05, 4.69) is 11.6 Å². The fraction of sp³-hybridized carbons (Fsp3) is 0.222. The molecule has 1 unspecified atom stereocenters. The van der Waals surface area contributed by atoms with Crippen LogP contribution in [0.3, 0.4) is 0 Å². The largest absolute Gasteiger partial charge is 0.494 e. The molecule has 0 aliphatic carbocycles. The normalized spacial score (nSPS) is 15.1. The van der Waals surface area contributed by atoms with Crippen molar-refractivity contribution >= 4 is 29.1 Å². The number of ether oxygens (including phenoxy) is 2. The number of rotatable bonds is 9. The van der Waals surface area contributed by atoms with Gasteiger partial charge in [0.1, 0.15) is 12.4 Å². The van der Waals surface area contributed by atoms with Crippen LogP contribution >= 0.6 is 11.3 Å². The van der Waals surface area contributed by atoms with Crippen molar-refractivity contribution < 1.29 is 19.2 Å².